The molecule has 19 heavy (non-hydrogen) atoms. The van der Waals surface area contributed by atoms with E-state index in [1.165, 1.54) is 12.8 Å². The van der Waals surface area contributed by atoms with Gasteiger partial charge in [-0.1, -0.05) is 0 Å². The summed E-state index contributed by atoms with van der Waals surface area (Å²) in [5.41, 5.74) is 1.05. The minimum absolute atomic E-state index is 0.508. The first-order valence-corrected chi connectivity index (χ1v) is 6.86. The predicted octanol–water partition coefficient (Wildman–Crippen LogP) is 1.82. The van der Waals surface area contributed by atoms with Crippen molar-refractivity contribution in [3.05, 3.63) is 36.8 Å². The smallest absolute Gasteiger partial charge is 0.176 e. The molecule has 100 valence electrons. The molecule has 1 atom stereocenters. The maximum Gasteiger partial charge on any atom is 0.176 e. The van der Waals surface area contributed by atoms with Gasteiger partial charge >= 0.3 is 0 Å². The van der Waals surface area contributed by atoms with Crippen molar-refractivity contribution in [2.75, 3.05) is 18.4 Å². The molecule has 0 saturated carbocycles. The first-order valence-electron chi connectivity index (χ1n) is 6.86. The van der Waals surface area contributed by atoms with Crippen LogP contribution in [0.5, 0.6) is 0 Å². The van der Waals surface area contributed by atoms with Crippen LogP contribution >= 0.6 is 0 Å². The summed E-state index contributed by atoms with van der Waals surface area (Å²) in [5, 5.41) is 11.3. The Balaban J connectivity index is 1.80. The van der Waals surface area contributed by atoms with Gasteiger partial charge in [0.1, 0.15) is 0 Å². The van der Waals surface area contributed by atoms with Crippen molar-refractivity contribution < 1.29 is 0 Å². The second kappa shape index (κ2) is 5.84. The van der Waals surface area contributed by atoms with Crippen molar-refractivity contribution >= 4 is 5.69 Å². The van der Waals surface area contributed by atoms with Gasteiger partial charge in [0.2, 0.25) is 0 Å². The Morgan fingerprint density at radius 3 is 3.11 bits per heavy atom. The van der Waals surface area contributed by atoms with Gasteiger partial charge in [0.25, 0.3) is 0 Å². The number of anilines is 1. The van der Waals surface area contributed by atoms with E-state index in [4.69, 9.17) is 0 Å². The minimum Gasteiger partial charge on any atom is -0.379 e. The molecule has 1 aliphatic rings. The van der Waals surface area contributed by atoms with Crippen molar-refractivity contribution in [2.45, 2.75) is 25.3 Å². The lowest BCUT2D eigenvalue weighted by Gasteiger charge is -2.19. The Bertz CT molecular complexity index is 500. The molecule has 1 saturated heterocycles. The monoisotopic (exact) mass is 257 g/mol. The third kappa shape index (κ3) is 2.93. The SMILES string of the molecule is c1cnc(-n2cccn2)c(NC2CCCNCC2)c1. The van der Waals surface area contributed by atoms with Gasteiger partial charge in [0.05, 0.1) is 5.69 Å². The van der Waals surface area contributed by atoms with E-state index >= 15 is 0 Å². The Kier molecular flexibility index (Phi) is 3.74. The van der Waals surface area contributed by atoms with E-state index in [0.29, 0.717) is 6.04 Å². The van der Waals surface area contributed by atoms with E-state index in [1.54, 1.807) is 17.1 Å². The summed E-state index contributed by atoms with van der Waals surface area (Å²) >= 11 is 0. The molecule has 2 N–H and O–H groups in total. The number of aromatic nitrogens is 3. The molecule has 1 unspecified atom stereocenters. The first-order chi connectivity index (χ1) is 9.43. The number of nitrogens with zero attached hydrogens (tertiary/aromatic N) is 3. The summed E-state index contributed by atoms with van der Waals surface area (Å²) in [4.78, 5) is 4.43. The van der Waals surface area contributed by atoms with Gasteiger partial charge in [-0.2, -0.15) is 5.10 Å². The highest BCUT2D eigenvalue weighted by molar-refractivity contribution is 5.56. The molecule has 2 aromatic heterocycles. The zero-order valence-corrected chi connectivity index (χ0v) is 10.9. The zero-order chi connectivity index (χ0) is 12.9. The van der Waals surface area contributed by atoms with Crippen LogP contribution in [0.4, 0.5) is 5.69 Å². The Hall–Kier alpha value is -1.88. The highest BCUT2D eigenvalue weighted by Crippen LogP contribution is 2.19. The van der Waals surface area contributed by atoms with Crippen molar-refractivity contribution in [1.29, 1.82) is 0 Å². The molecule has 3 rings (SSSR count). The van der Waals surface area contributed by atoms with Crippen LogP contribution < -0.4 is 10.6 Å². The fraction of sp³-hybridized carbons (Fsp3) is 0.429. The fourth-order valence-corrected chi connectivity index (χ4v) is 2.47. The highest BCUT2D eigenvalue weighted by atomic mass is 15.3. The largest absolute Gasteiger partial charge is 0.379 e. The number of rotatable bonds is 3. The Labute approximate surface area is 113 Å². The molecule has 1 aliphatic heterocycles. The van der Waals surface area contributed by atoms with E-state index in [2.05, 4.69) is 26.8 Å². The molecule has 1 fully saturated rings. The fourth-order valence-electron chi connectivity index (χ4n) is 2.47. The van der Waals surface area contributed by atoms with Crippen molar-refractivity contribution in [1.82, 2.24) is 20.1 Å². The first kappa shape index (κ1) is 12.2. The van der Waals surface area contributed by atoms with Gasteiger partial charge < -0.3 is 10.6 Å². The lowest BCUT2D eigenvalue weighted by molar-refractivity contribution is 0.636. The highest BCUT2D eigenvalue weighted by Gasteiger charge is 2.14. The third-order valence-electron chi connectivity index (χ3n) is 3.44. The van der Waals surface area contributed by atoms with Crippen LogP contribution in [0.2, 0.25) is 0 Å². The van der Waals surface area contributed by atoms with Gasteiger partial charge in [-0.25, -0.2) is 9.67 Å². The third-order valence-corrected chi connectivity index (χ3v) is 3.44. The molecule has 0 amide bonds. The van der Waals surface area contributed by atoms with Crippen molar-refractivity contribution in [3.63, 3.8) is 0 Å². The van der Waals surface area contributed by atoms with E-state index in [0.717, 1.165) is 31.0 Å². The average molecular weight is 257 g/mol. The summed E-state index contributed by atoms with van der Waals surface area (Å²) in [6.45, 7) is 2.20. The van der Waals surface area contributed by atoms with Crippen LogP contribution in [-0.2, 0) is 0 Å². The summed E-state index contributed by atoms with van der Waals surface area (Å²) in [7, 11) is 0. The zero-order valence-electron chi connectivity index (χ0n) is 10.9. The molecule has 0 radical (unpaired) electrons. The summed E-state index contributed by atoms with van der Waals surface area (Å²) < 4.78 is 1.80. The normalized spacial score (nSPS) is 19.9. The topological polar surface area (TPSA) is 54.8 Å². The van der Waals surface area contributed by atoms with Crippen LogP contribution in [0.1, 0.15) is 19.3 Å². The maximum absolute atomic E-state index is 4.43. The molecule has 0 bridgehead atoms. The van der Waals surface area contributed by atoms with Crippen molar-refractivity contribution in [2.24, 2.45) is 0 Å². The van der Waals surface area contributed by atoms with Gasteiger partial charge in [0, 0.05) is 24.6 Å². The second-order valence-electron chi connectivity index (χ2n) is 4.85. The maximum atomic E-state index is 4.43. The second-order valence-corrected chi connectivity index (χ2v) is 4.85. The van der Waals surface area contributed by atoms with Crippen LogP contribution in [0.15, 0.2) is 36.8 Å². The Morgan fingerprint density at radius 2 is 2.21 bits per heavy atom. The van der Waals surface area contributed by atoms with Gasteiger partial charge in [-0.3, -0.25) is 0 Å². The van der Waals surface area contributed by atoms with E-state index in [-0.39, 0.29) is 0 Å². The molecule has 2 aromatic rings. The minimum atomic E-state index is 0.508. The molecular weight excluding hydrogens is 238 g/mol. The Morgan fingerprint density at radius 1 is 1.21 bits per heavy atom. The molecule has 0 spiro atoms. The number of nitrogens with one attached hydrogen (secondary N) is 2. The molecule has 5 nitrogen and oxygen atoms in total. The molecule has 0 aliphatic carbocycles. The molecule has 5 heteroatoms. The number of hydrogen-bond acceptors (Lipinski definition) is 4. The van der Waals surface area contributed by atoms with Crippen LogP contribution in [-0.4, -0.2) is 33.9 Å². The predicted molar refractivity (Wildman–Crippen MR) is 75.5 cm³/mol. The van der Waals surface area contributed by atoms with Gasteiger partial charge in [-0.15, -0.1) is 0 Å². The molecule has 3 heterocycles. The van der Waals surface area contributed by atoms with Crippen molar-refractivity contribution in [3.8, 4) is 5.82 Å². The molecule has 0 aromatic carbocycles. The summed E-state index contributed by atoms with van der Waals surface area (Å²) in [6, 6.07) is 6.45. The number of hydrogen-bond donors (Lipinski definition) is 2. The van der Waals surface area contributed by atoms with E-state index in [1.807, 2.05) is 18.3 Å². The van der Waals surface area contributed by atoms with Gasteiger partial charge in [0.15, 0.2) is 5.82 Å². The van der Waals surface area contributed by atoms with E-state index < -0.39 is 0 Å². The number of pyridine rings is 1. The standard InChI is InChI=1S/C14H19N5/c1-4-12(6-10-15-7-1)18-13-5-2-8-16-14(13)19-11-3-9-17-19/h2-3,5,8-9,11-12,15,18H,1,4,6-7,10H2. The van der Waals surface area contributed by atoms with Crippen LogP contribution in [0, 0.1) is 0 Å². The van der Waals surface area contributed by atoms with Crippen LogP contribution in [0.3, 0.4) is 0 Å². The quantitative estimate of drug-likeness (QED) is 0.880. The average Bonchev–Trinajstić information content (AvgIpc) is 2.85. The molecular formula is C14H19N5. The lowest BCUT2D eigenvalue weighted by Crippen LogP contribution is -2.22. The lowest BCUT2D eigenvalue weighted by atomic mass is 10.1. The van der Waals surface area contributed by atoms with Crippen LogP contribution in [0.25, 0.3) is 5.82 Å². The van der Waals surface area contributed by atoms with Gasteiger partial charge in [-0.05, 0) is 50.6 Å². The summed E-state index contributed by atoms with van der Waals surface area (Å²) in [6.07, 6.45) is 9.05. The van der Waals surface area contributed by atoms with E-state index in [9.17, 15) is 0 Å². The summed E-state index contributed by atoms with van der Waals surface area (Å²) in [5.74, 6) is 0.865.